The van der Waals surface area contributed by atoms with E-state index in [1.165, 1.54) is 11.0 Å². The van der Waals surface area contributed by atoms with Gasteiger partial charge in [0.1, 0.15) is 12.4 Å². The second-order valence-corrected chi connectivity index (χ2v) is 6.65. The van der Waals surface area contributed by atoms with E-state index in [2.05, 4.69) is 15.2 Å². The molecule has 6 nitrogen and oxygen atoms in total. The summed E-state index contributed by atoms with van der Waals surface area (Å²) in [5.41, 5.74) is 0.639. The van der Waals surface area contributed by atoms with Crippen LogP contribution in [0.5, 0.6) is 0 Å². The summed E-state index contributed by atoms with van der Waals surface area (Å²) < 4.78 is 14.0. The van der Waals surface area contributed by atoms with Crippen LogP contribution in [0.15, 0.2) is 29.3 Å². The maximum atomic E-state index is 14.0. The van der Waals surface area contributed by atoms with Crippen LogP contribution >= 0.6 is 24.0 Å². The molecule has 146 valence electrons. The van der Waals surface area contributed by atoms with Crippen molar-refractivity contribution < 1.29 is 9.18 Å². The first-order valence-electron chi connectivity index (χ1n) is 8.64. The van der Waals surface area contributed by atoms with Gasteiger partial charge in [0, 0.05) is 46.3 Å². The van der Waals surface area contributed by atoms with Crippen LogP contribution in [0.3, 0.4) is 0 Å². The number of benzene rings is 1. The van der Waals surface area contributed by atoms with Gasteiger partial charge in [-0.25, -0.2) is 9.38 Å². The summed E-state index contributed by atoms with van der Waals surface area (Å²) >= 11 is 0. The van der Waals surface area contributed by atoms with Crippen molar-refractivity contribution >= 4 is 41.5 Å². The topological polar surface area (TPSA) is 51.2 Å². The van der Waals surface area contributed by atoms with Crippen LogP contribution in [0.25, 0.3) is 0 Å². The Morgan fingerprint density at radius 3 is 2.38 bits per heavy atom. The summed E-state index contributed by atoms with van der Waals surface area (Å²) in [4.78, 5) is 22.0. The summed E-state index contributed by atoms with van der Waals surface area (Å²) in [6.07, 6.45) is 0. The van der Waals surface area contributed by atoms with E-state index in [0.717, 1.165) is 19.0 Å². The molecule has 2 rings (SSSR count). The fraction of sp³-hybridized carbons (Fsp3) is 0.556. The second-order valence-electron chi connectivity index (χ2n) is 6.65. The molecule has 0 saturated carbocycles. The standard InChI is InChI=1S/C18H28FN5O.HI/c1-14(2)21-18(20-13-17(25)22(3)4)24-11-9-23(10-12-24)16-8-6-5-7-15(16)19;/h5-8,14H,9-13H2,1-4H3,(H,20,21);1H. The largest absolute Gasteiger partial charge is 0.366 e. The molecule has 1 saturated heterocycles. The normalized spacial score (nSPS) is 14.9. The Hall–Kier alpha value is -1.58. The van der Waals surface area contributed by atoms with E-state index in [0.29, 0.717) is 18.8 Å². The van der Waals surface area contributed by atoms with E-state index < -0.39 is 0 Å². The maximum absolute atomic E-state index is 14.0. The predicted octanol–water partition coefficient (Wildman–Crippen LogP) is 2.01. The van der Waals surface area contributed by atoms with Crippen molar-refractivity contribution in [2.75, 3.05) is 51.7 Å². The van der Waals surface area contributed by atoms with Gasteiger partial charge in [0.2, 0.25) is 5.91 Å². The van der Waals surface area contributed by atoms with Crippen molar-refractivity contribution in [1.29, 1.82) is 0 Å². The van der Waals surface area contributed by atoms with Crippen molar-refractivity contribution in [3.05, 3.63) is 30.1 Å². The van der Waals surface area contributed by atoms with Crippen LogP contribution in [0.2, 0.25) is 0 Å². The number of likely N-dealkylation sites (N-methyl/N-ethyl adjacent to an activating group) is 1. The van der Waals surface area contributed by atoms with E-state index in [4.69, 9.17) is 0 Å². The average molecular weight is 477 g/mol. The van der Waals surface area contributed by atoms with Gasteiger partial charge < -0.3 is 20.0 Å². The van der Waals surface area contributed by atoms with Crippen LogP contribution < -0.4 is 10.2 Å². The number of hydrogen-bond acceptors (Lipinski definition) is 3. The first-order chi connectivity index (χ1) is 11.9. The van der Waals surface area contributed by atoms with Crippen LogP contribution in [0, 0.1) is 5.82 Å². The number of carbonyl (C=O) groups is 1. The smallest absolute Gasteiger partial charge is 0.243 e. The van der Waals surface area contributed by atoms with Crippen LogP contribution in [-0.2, 0) is 4.79 Å². The molecule has 0 radical (unpaired) electrons. The Kier molecular flexibility index (Phi) is 9.11. The van der Waals surface area contributed by atoms with E-state index in [9.17, 15) is 9.18 Å². The molecule has 1 heterocycles. The molecule has 26 heavy (non-hydrogen) atoms. The number of nitrogens with one attached hydrogen (secondary N) is 1. The van der Waals surface area contributed by atoms with Crippen molar-refractivity contribution in [3.8, 4) is 0 Å². The third kappa shape index (κ3) is 6.30. The minimum atomic E-state index is -0.193. The highest BCUT2D eigenvalue weighted by atomic mass is 127. The fourth-order valence-corrected chi connectivity index (χ4v) is 2.65. The molecule has 8 heteroatoms. The Morgan fingerprint density at radius 2 is 1.85 bits per heavy atom. The van der Waals surface area contributed by atoms with Gasteiger partial charge in [0.05, 0.1) is 5.69 Å². The third-order valence-electron chi connectivity index (χ3n) is 4.05. The molecular weight excluding hydrogens is 448 g/mol. The van der Waals surface area contributed by atoms with Crippen molar-refractivity contribution in [2.45, 2.75) is 19.9 Å². The van der Waals surface area contributed by atoms with Gasteiger partial charge in [-0.2, -0.15) is 0 Å². The quantitative estimate of drug-likeness (QED) is 0.410. The predicted molar refractivity (Wildman–Crippen MR) is 115 cm³/mol. The van der Waals surface area contributed by atoms with Crippen LogP contribution in [0.4, 0.5) is 10.1 Å². The third-order valence-corrected chi connectivity index (χ3v) is 4.05. The van der Waals surface area contributed by atoms with Crippen molar-refractivity contribution in [1.82, 2.24) is 15.1 Å². The summed E-state index contributed by atoms with van der Waals surface area (Å²) in [7, 11) is 3.45. The number of nitrogens with zero attached hydrogens (tertiary/aromatic N) is 4. The number of halogens is 2. The van der Waals surface area contributed by atoms with Crippen molar-refractivity contribution in [2.24, 2.45) is 4.99 Å². The lowest BCUT2D eigenvalue weighted by molar-refractivity contribution is -0.127. The van der Waals surface area contributed by atoms with E-state index in [1.807, 2.05) is 30.9 Å². The summed E-state index contributed by atoms with van der Waals surface area (Å²) in [5.74, 6) is 0.508. The summed E-state index contributed by atoms with van der Waals surface area (Å²) in [5, 5.41) is 3.32. The Morgan fingerprint density at radius 1 is 1.23 bits per heavy atom. The molecule has 1 aliphatic rings. The second kappa shape index (κ2) is 10.5. The molecule has 0 unspecified atom stereocenters. The molecule has 0 bridgehead atoms. The van der Waals surface area contributed by atoms with Gasteiger partial charge in [-0.15, -0.1) is 24.0 Å². The number of carbonyl (C=O) groups excluding carboxylic acids is 1. The van der Waals surface area contributed by atoms with E-state index in [1.54, 1.807) is 20.2 Å². The molecule has 1 amide bonds. The fourth-order valence-electron chi connectivity index (χ4n) is 2.65. The monoisotopic (exact) mass is 477 g/mol. The number of piperazine rings is 1. The molecule has 1 aromatic carbocycles. The van der Waals surface area contributed by atoms with Crippen molar-refractivity contribution in [3.63, 3.8) is 0 Å². The van der Waals surface area contributed by atoms with Gasteiger partial charge in [0.15, 0.2) is 5.96 Å². The Balaban J connectivity index is 0.00000338. The highest BCUT2D eigenvalue weighted by Crippen LogP contribution is 2.20. The Bertz CT molecular complexity index is 615. The van der Waals surface area contributed by atoms with Crippen LogP contribution in [-0.4, -0.2) is 74.5 Å². The van der Waals surface area contributed by atoms with E-state index in [-0.39, 0.29) is 48.3 Å². The Labute approximate surface area is 172 Å². The summed E-state index contributed by atoms with van der Waals surface area (Å²) in [6.45, 7) is 7.07. The zero-order chi connectivity index (χ0) is 18.4. The van der Waals surface area contributed by atoms with Crippen LogP contribution in [0.1, 0.15) is 13.8 Å². The summed E-state index contributed by atoms with van der Waals surface area (Å²) in [6, 6.07) is 7.07. The first kappa shape index (κ1) is 22.5. The number of guanidine groups is 1. The van der Waals surface area contributed by atoms with Gasteiger partial charge in [-0.05, 0) is 26.0 Å². The molecule has 0 spiro atoms. The lowest BCUT2D eigenvalue weighted by Gasteiger charge is -2.38. The molecular formula is C18H29FIN5O. The zero-order valence-electron chi connectivity index (χ0n) is 15.9. The molecule has 1 fully saturated rings. The molecule has 1 aliphatic heterocycles. The number of amides is 1. The molecule has 1 aromatic rings. The highest BCUT2D eigenvalue weighted by Gasteiger charge is 2.22. The molecule has 1 N–H and O–H groups in total. The highest BCUT2D eigenvalue weighted by molar-refractivity contribution is 14.0. The van der Waals surface area contributed by atoms with E-state index >= 15 is 0 Å². The number of para-hydroxylation sites is 1. The van der Waals surface area contributed by atoms with Gasteiger partial charge in [0.25, 0.3) is 0 Å². The minimum Gasteiger partial charge on any atom is -0.366 e. The zero-order valence-corrected chi connectivity index (χ0v) is 18.2. The van der Waals surface area contributed by atoms with Gasteiger partial charge in [-0.1, -0.05) is 12.1 Å². The molecule has 0 aliphatic carbocycles. The number of rotatable bonds is 4. The van der Waals surface area contributed by atoms with Gasteiger partial charge in [-0.3, -0.25) is 4.79 Å². The first-order valence-corrected chi connectivity index (χ1v) is 8.64. The number of anilines is 1. The number of aliphatic imine (C=N–C) groups is 1. The maximum Gasteiger partial charge on any atom is 0.243 e. The van der Waals surface area contributed by atoms with Gasteiger partial charge >= 0.3 is 0 Å². The SMILES string of the molecule is CC(C)NC(=NCC(=O)N(C)C)N1CCN(c2ccccc2F)CC1.I. The molecule has 0 atom stereocenters. The average Bonchev–Trinajstić information content (AvgIpc) is 2.58. The molecule has 0 aromatic heterocycles. The lowest BCUT2D eigenvalue weighted by Crippen LogP contribution is -2.54. The number of hydrogen-bond donors (Lipinski definition) is 1. The minimum absolute atomic E-state index is 0. The lowest BCUT2D eigenvalue weighted by atomic mass is 10.2.